The summed E-state index contributed by atoms with van der Waals surface area (Å²) < 4.78 is 0. The van der Waals surface area contributed by atoms with Crippen molar-refractivity contribution in [1.82, 2.24) is 25.2 Å². The molecule has 2 bridgehead atoms. The minimum absolute atomic E-state index is 0.498. The van der Waals surface area contributed by atoms with Gasteiger partial charge in [0.1, 0.15) is 16.2 Å². The fourth-order valence-electron chi connectivity index (χ4n) is 4.98. The molecular formula is C20H29N5S. The van der Waals surface area contributed by atoms with Gasteiger partial charge >= 0.3 is 0 Å². The van der Waals surface area contributed by atoms with Crippen molar-refractivity contribution >= 4 is 21.7 Å². The molecule has 0 radical (unpaired) electrons. The Labute approximate surface area is 159 Å². The smallest absolute Gasteiger partial charge is 0.147 e. The highest BCUT2D eigenvalue weighted by Gasteiger charge is 2.38. The van der Waals surface area contributed by atoms with E-state index in [1.807, 2.05) is 18.3 Å². The first kappa shape index (κ1) is 17.0. The molecule has 0 aromatic carbocycles. The van der Waals surface area contributed by atoms with Crippen LogP contribution in [0.15, 0.2) is 0 Å². The number of nitrogens with zero attached hydrogens (tertiary/aromatic N) is 4. The number of piperazine rings is 1. The zero-order valence-electron chi connectivity index (χ0n) is 16.1. The van der Waals surface area contributed by atoms with Crippen LogP contribution in [-0.2, 0) is 6.54 Å². The molecule has 26 heavy (non-hydrogen) atoms. The van der Waals surface area contributed by atoms with Crippen LogP contribution in [0.4, 0.5) is 0 Å². The molecule has 0 unspecified atom stereocenters. The lowest BCUT2D eigenvalue weighted by molar-refractivity contribution is 0.216. The lowest BCUT2D eigenvalue weighted by Gasteiger charge is -2.33. The van der Waals surface area contributed by atoms with E-state index in [1.54, 1.807) is 0 Å². The fourth-order valence-corrected chi connectivity index (χ4v) is 6.15. The molecule has 1 aliphatic carbocycles. The van der Waals surface area contributed by atoms with Gasteiger partial charge in [0, 0.05) is 37.6 Å². The molecule has 2 aromatic heterocycles. The Morgan fingerprint density at radius 1 is 1.19 bits per heavy atom. The lowest BCUT2D eigenvalue weighted by atomic mass is 9.73. The van der Waals surface area contributed by atoms with E-state index in [4.69, 9.17) is 15.0 Å². The summed E-state index contributed by atoms with van der Waals surface area (Å²) in [5.74, 6) is 1.50. The van der Waals surface area contributed by atoms with E-state index >= 15 is 0 Å². The minimum atomic E-state index is 0.498. The second-order valence-corrected chi connectivity index (χ2v) is 10.3. The molecule has 2 aliphatic heterocycles. The Morgan fingerprint density at radius 3 is 2.69 bits per heavy atom. The Kier molecular flexibility index (Phi) is 4.07. The van der Waals surface area contributed by atoms with Crippen molar-refractivity contribution in [3.8, 4) is 0 Å². The topological polar surface area (TPSA) is 53.9 Å². The number of aromatic nitrogens is 3. The van der Waals surface area contributed by atoms with E-state index in [2.05, 4.69) is 24.1 Å². The quantitative estimate of drug-likeness (QED) is 0.893. The van der Waals surface area contributed by atoms with Gasteiger partial charge in [-0.05, 0) is 44.4 Å². The lowest BCUT2D eigenvalue weighted by Crippen LogP contribution is -2.43. The summed E-state index contributed by atoms with van der Waals surface area (Å²) in [7, 11) is 0. The average molecular weight is 372 g/mol. The Hall–Kier alpha value is -1.11. The maximum absolute atomic E-state index is 5.08. The Morgan fingerprint density at radius 2 is 2.00 bits per heavy atom. The number of rotatable bonds is 3. The van der Waals surface area contributed by atoms with E-state index in [-0.39, 0.29) is 0 Å². The van der Waals surface area contributed by atoms with Crippen molar-refractivity contribution in [2.75, 3.05) is 13.1 Å². The van der Waals surface area contributed by atoms with Gasteiger partial charge in [0.25, 0.3) is 0 Å². The van der Waals surface area contributed by atoms with Crippen LogP contribution in [0, 0.1) is 12.3 Å². The monoisotopic (exact) mass is 371 g/mol. The standard InChI is InChI=1S/C20H29N5S/c1-12-22-16(11-25-10-14-8-15(25)9-21-14)17-19(23-12)26-18(24-17)13-4-6-20(2,3)7-5-13/h13-15,21H,4-11H2,1-3H3/t14-,15-/m0/s1. The largest absolute Gasteiger partial charge is 0.311 e. The third kappa shape index (κ3) is 3.06. The van der Waals surface area contributed by atoms with Crippen LogP contribution < -0.4 is 5.32 Å². The highest BCUT2D eigenvalue weighted by molar-refractivity contribution is 7.18. The van der Waals surface area contributed by atoms with E-state index < -0.39 is 0 Å². The molecule has 1 saturated carbocycles. The maximum Gasteiger partial charge on any atom is 0.147 e. The molecule has 5 nitrogen and oxygen atoms in total. The summed E-state index contributed by atoms with van der Waals surface area (Å²) in [6.07, 6.45) is 6.41. The van der Waals surface area contributed by atoms with Crippen molar-refractivity contribution < 1.29 is 0 Å². The first-order chi connectivity index (χ1) is 12.5. The van der Waals surface area contributed by atoms with Crippen LogP contribution in [0.2, 0.25) is 0 Å². The molecule has 140 valence electrons. The molecule has 0 spiro atoms. The molecule has 1 N–H and O–H groups in total. The molecule has 4 heterocycles. The molecular weight excluding hydrogens is 342 g/mol. The second-order valence-electron chi connectivity index (χ2n) is 9.29. The van der Waals surface area contributed by atoms with Gasteiger partial charge in [0.05, 0.1) is 10.7 Å². The van der Waals surface area contributed by atoms with Crippen LogP contribution in [0.3, 0.4) is 0 Å². The zero-order chi connectivity index (χ0) is 17.9. The summed E-state index contributed by atoms with van der Waals surface area (Å²) in [4.78, 5) is 18.3. The number of hydrogen-bond acceptors (Lipinski definition) is 6. The third-order valence-corrected chi connectivity index (χ3v) is 7.78. The Balaban J connectivity index is 1.42. The summed E-state index contributed by atoms with van der Waals surface area (Å²) in [6, 6.07) is 1.35. The SMILES string of the molecule is Cc1nc(CN2C[C@@H]3C[C@H]2CN3)c2nc(C3CCC(C)(C)CC3)sc2n1. The Bertz CT molecular complexity index is 819. The van der Waals surface area contributed by atoms with Crippen molar-refractivity contribution in [1.29, 1.82) is 0 Å². The molecule has 0 amide bonds. The predicted octanol–water partition coefficient (Wildman–Crippen LogP) is 3.62. The molecule has 2 saturated heterocycles. The van der Waals surface area contributed by atoms with Gasteiger partial charge in [0.15, 0.2) is 0 Å². The van der Waals surface area contributed by atoms with Crippen LogP contribution in [0.25, 0.3) is 10.3 Å². The fraction of sp³-hybridized carbons (Fsp3) is 0.750. The number of thiazole rings is 1. The van der Waals surface area contributed by atoms with Gasteiger partial charge in [0.2, 0.25) is 0 Å². The van der Waals surface area contributed by atoms with Crippen molar-refractivity contribution in [2.45, 2.75) is 77.4 Å². The molecule has 6 heteroatoms. The van der Waals surface area contributed by atoms with E-state index in [9.17, 15) is 0 Å². The number of nitrogens with one attached hydrogen (secondary N) is 1. The van der Waals surface area contributed by atoms with Crippen LogP contribution >= 0.6 is 11.3 Å². The van der Waals surface area contributed by atoms with E-state index in [0.29, 0.717) is 23.4 Å². The molecule has 3 fully saturated rings. The molecule has 3 aliphatic rings. The highest BCUT2D eigenvalue weighted by atomic mass is 32.1. The van der Waals surface area contributed by atoms with Gasteiger partial charge in [-0.25, -0.2) is 15.0 Å². The molecule has 2 atom stereocenters. The summed E-state index contributed by atoms with van der Waals surface area (Å²) in [6.45, 7) is 9.99. The van der Waals surface area contributed by atoms with Gasteiger partial charge < -0.3 is 5.32 Å². The average Bonchev–Trinajstić information content (AvgIpc) is 3.29. The van der Waals surface area contributed by atoms with E-state index in [0.717, 1.165) is 41.5 Å². The number of aryl methyl sites for hydroxylation is 1. The van der Waals surface area contributed by atoms with Gasteiger partial charge in [-0.1, -0.05) is 25.2 Å². The van der Waals surface area contributed by atoms with Crippen LogP contribution in [0.1, 0.15) is 68.4 Å². The predicted molar refractivity (Wildman–Crippen MR) is 106 cm³/mol. The maximum atomic E-state index is 5.08. The van der Waals surface area contributed by atoms with Crippen molar-refractivity contribution in [3.63, 3.8) is 0 Å². The van der Waals surface area contributed by atoms with Crippen molar-refractivity contribution in [3.05, 3.63) is 16.5 Å². The number of fused-ring (bicyclic) bond motifs is 3. The van der Waals surface area contributed by atoms with Crippen molar-refractivity contribution in [2.24, 2.45) is 5.41 Å². The first-order valence-corrected chi connectivity index (χ1v) is 10.9. The number of likely N-dealkylation sites (tertiary alicyclic amines) is 1. The summed E-state index contributed by atoms with van der Waals surface area (Å²) >= 11 is 1.81. The molecule has 2 aromatic rings. The normalized spacial score (nSPS) is 29.0. The summed E-state index contributed by atoms with van der Waals surface area (Å²) in [5, 5.41) is 4.88. The second kappa shape index (κ2) is 6.21. The van der Waals surface area contributed by atoms with Crippen LogP contribution in [0.5, 0.6) is 0 Å². The molecule has 5 rings (SSSR count). The summed E-state index contributed by atoms with van der Waals surface area (Å²) in [5.41, 5.74) is 2.70. The number of hydrogen-bond donors (Lipinski definition) is 1. The zero-order valence-corrected chi connectivity index (χ0v) is 16.9. The minimum Gasteiger partial charge on any atom is -0.311 e. The van der Waals surface area contributed by atoms with Crippen LogP contribution in [-0.4, -0.2) is 45.0 Å². The van der Waals surface area contributed by atoms with Gasteiger partial charge in [-0.3, -0.25) is 4.90 Å². The third-order valence-electron chi connectivity index (χ3n) is 6.67. The van der Waals surface area contributed by atoms with Gasteiger partial charge in [-0.2, -0.15) is 0 Å². The van der Waals surface area contributed by atoms with E-state index in [1.165, 1.54) is 37.1 Å². The van der Waals surface area contributed by atoms with Gasteiger partial charge in [-0.15, -0.1) is 0 Å². The highest BCUT2D eigenvalue weighted by Crippen LogP contribution is 2.44. The first-order valence-electron chi connectivity index (χ1n) is 10.1.